The van der Waals surface area contributed by atoms with Crippen LogP contribution in [0, 0.1) is 0 Å². The number of nitrogens with one attached hydrogen (secondary N) is 2. The van der Waals surface area contributed by atoms with Crippen LogP contribution in [0.25, 0.3) is 10.2 Å². The number of fused-ring (bicyclic) bond motifs is 1. The smallest absolute Gasteiger partial charge is 0.251 e. The summed E-state index contributed by atoms with van der Waals surface area (Å²) in [6.45, 7) is 4.21. The van der Waals surface area contributed by atoms with E-state index < -0.39 is 0 Å². The summed E-state index contributed by atoms with van der Waals surface area (Å²) in [6, 6.07) is 7.50. The first kappa shape index (κ1) is 17.6. The Kier molecular flexibility index (Phi) is 5.40. The molecule has 3 aromatic rings. The minimum Gasteiger partial charge on any atom is -0.378 e. The van der Waals surface area contributed by atoms with Crippen molar-refractivity contribution < 1.29 is 9.53 Å². The minimum absolute atomic E-state index is 0.0970. The summed E-state index contributed by atoms with van der Waals surface area (Å²) in [6.07, 6.45) is 1.76. The monoisotopic (exact) mass is 384 g/mol. The molecule has 1 aliphatic rings. The van der Waals surface area contributed by atoms with Crippen LogP contribution in [0.4, 0.5) is 11.5 Å². The molecule has 0 unspecified atom stereocenters. The molecule has 4 rings (SSSR count). The molecule has 1 fully saturated rings. The zero-order valence-corrected chi connectivity index (χ0v) is 15.5. The van der Waals surface area contributed by atoms with E-state index in [-0.39, 0.29) is 5.91 Å². The van der Waals surface area contributed by atoms with Crippen LogP contribution in [0.15, 0.2) is 36.0 Å². The number of benzene rings is 1. The molecule has 1 aliphatic heterocycles. The molecule has 8 nitrogen and oxygen atoms in total. The maximum atomic E-state index is 12.3. The molecule has 0 spiro atoms. The number of hydrogen-bond acceptors (Lipinski definition) is 8. The molecule has 140 valence electrons. The van der Waals surface area contributed by atoms with E-state index in [1.165, 1.54) is 11.3 Å². The average Bonchev–Trinajstić information content (AvgIpc) is 3.20. The van der Waals surface area contributed by atoms with Crippen molar-refractivity contribution in [1.82, 2.24) is 20.5 Å². The molecule has 2 aromatic heterocycles. The lowest BCUT2D eigenvalue weighted by Crippen LogP contribution is -2.36. The third-order valence-electron chi connectivity index (χ3n) is 4.33. The number of thiazole rings is 1. The van der Waals surface area contributed by atoms with Gasteiger partial charge in [-0.3, -0.25) is 4.79 Å². The van der Waals surface area contributed by atoms with Gasteiger partial charge in [-0.1, -0.05) is 0 Å². The molecule has 9 heteroatoms. The number of carbonyl (C=O) groups is 1. The van der Waals surface area contributed by atoms with Gasteiger partial charge in [-0.25, -0.2) is 4.98 Å². The van der Waals surface area contributed by atoms with Crippen LogP contribution in [-0.4, -0.2) is 60.5 Å². The third-order valence-corrected chi connectivity index (χ3v) is 5.12. The molecule has 0 atom stereocenters. The Morgan fingerprint density at radius 3 is 3.00 bits per heavy atom. The van der Waals surface area contributed by atoms with Crippen LogP contribution < -0.4 is 15.5 Å². The van der Waals surface area contributed by atoms with Gasteiger partial charge in [0, 0.05) is 37.8 Å². The van der Waals surface area contributed by atoms with Crippen molar-refractivity contribution in [3.8, 4) is 0 Å². The lowest BCUT2D eigenvalue weighted by molar-refractivity contribution is 0.0955. The van der Waals surface area contributed by atoms with E-state index in [2.05, 4.69) is 30.7 Å². The number of rotatable bonds is 6. The van der Waals surface area contributed by atoms with Gasteiger partial charge in [0.05, 0.1) is 40.8 Å². The van der Waals surface area contributed by atoms with Crippen LogP contribution >= 0.6 is 11.3 Å². The summed E-state index contributed by atoms with van der Waals surface area (Å²) >= 11 is 1.53. The summed E-state index contributed by atoms with van der Waals surface area (Å²) in [5.41, 5.74) is 4.36. The van der Waals surface area contributed by atoms with E-state index in [9.17, 15) is 4.79 Å². The van der Waals surface area contributed by atoms with Crippen molar-refractivity contribution in [2.75, 3.05) is 49.6 Å². The first-order valence-electron chi connectivity index (χ1n) is 8.80. The molecule has 1 amide bonds. The number of ether oxygens (including phenoxy) is 1. The highest BCUT2D eigenvalue weighted by molar-refractivity contribution is 7.16. The highest BCUT2D eigenvalue weighted by atomic mass is 32.1. The lowest BCUT2D eigenvalue weighted by atomic mass is 10.2. The first-order valence-corrected chi connectivity index (χ1v) is 9.68. The van der Waals surface area contributed by atoms with Crippen molar-refractivity contribution in [2.45, 2.75) is 0 Å². The van der Waals surface area contributed by atoms with Crippen molar-refractivity contribution in [3.05, 3.63) is 41.5 Å². The molecule has 0 aliphatic carbocycles. The van der Waals surface area contributed by atoms with E-state index in [1.807, 2.05) is 18.2 Å². The Bertz CT molecular complexity index is 925. The molecule has 0 radical (unpaired) electrons. The van der Waals surface area contributed by atoms with Gasteiger partial charge in [0.25, 0.3) is 5.91 Å². The maximum absolute atomic E-state index is 12.3. The highest BCUT2D eigenvalue weighted by Crippen LogP contribution is 2.19. The van der Waals surface area contributed by atoms with Gasteiger partial charge >= 0.3 is 0 Å². The normalized spacial score (nSPS) is 14.3. The topological polar surface area (TPSA) is 92.3 Å². The van der Waals surface area contributed by atoms with Gasteiger partial charge in [-0.15, -0.1) is 16.4 Å². The van der Waals surface area contributed by atoms with Crippen LogP contribution in [-0.2, 0) is 4.74 Å². The molecule has 27 heavy (non-hydrogen) atoms. The largest absolute Gasteiger partial charge is 0.378 e. The fraction of sp³-hybridized carbons (Fsp3) is 0.333. The molecule has 1 saturated heterocycles. The second kappa shape index (κ2) is 8.28. The van der Waals surface area contributed by atoms with Gasteiger partial charge in [-0.05, 0) is 18.2 Å². The van der Waals surface area contributed by atoms with E-state index in [0.717, 1.165) is 42.2 Å². The van der Waals surface area contributed by atoms with Crippen LogP contribution in [0.1, 0.15) is 10.4 Å². The summed E-state index contributed by atoms with van der Waals surface area (Å²) in [4.78, 5) is 18.7. The fourth-order valence-electron chi connectivity index (χ4n) is 2.90. The quantitative estimate of drug-likeness (QED) is 0.626. The zero-order valence-electron chi connectivity index (χ0n) is 14.7. The van der Waals surface area contributed by atoms with Gasteiger partial charge < -0.3 is 20.3 Å². The third kappa shape index (κ3) is 4.32. The summed E-state index contributed by atoms with van der Waals surface area (Å²) < 4.78 is 6.38. The second-order valence-electron chi connectivity index (χ2n) is 6.12. The van der Waals surface area contributed by atoms with Gasteiger partial charge in [0.15, 0.2) is 5.82 Å². The van der Waals surface area contributed by atoms with E-state index >= 15 is 0 Å². The average molecular weight is 384 g/mol. The number of morpholine rings is 1. The predicted molar refractivity (Wildman–Crippen MR) is 106 cm³/mol. The van der Waals surface area contributed by atoms with E-state index in [4.69, 9.17) is 4.74 Å². The Balaban J connectivity index is 1.27. The first-order chi connectivity index (χ1) is 13.3. The van der Waals surface area contributed by atoms with Crippen molar-refractivity contribution >= 4 is 39.0 Å². The fourth-order valence-corrected chi connectivity index (χ4v) is 3.62. The molecule has 1 aromatic carbocycles. The lowest BCUT2D eigenvalue weighted by Gasteiger charge is -2.28. The van der Waals surface area contributed by atoms with Crippen molar-refractivity contribution in [3.63, 3.8) is 0 Å². The van der Waals surface area contributed by atoms with Crippen LogP contribution in [0.5, 0.6) is 0 Å². The van der Waals surface area contributed by atoms with Gasteiger partial charge in [0.1, 0.15) is 0 Å². The number of aromatic nitrogens is 3. The number of carbonyl (C=O) groups excluding carboxylic acids is 1. The van der Waals surface area contributed by atoms with E-state index in [1.54, 1.807) is 17.8 Å². The van der Waals surface area contributed by atoms with Crippen molar-refractivity contribution in [2.24, 2.45) is 0 Å². The van der Waals surface area contributed by atoms with E-state index in [0.29, 0.717) is 24.5 Å². The predicted octanol–water partition coefficient (Wildman–Crippen LogP) is 1.76. The number of hydrogen-bond donors (Lipinski definition) is 2. The molecule has 3 heterocycles. The van der Waals surface area contributed by atoms with Crippen LogP contribution in [0.3, 0.4) is 0 Å². The Morgan fingerprint density at radius 2 is 2.11 bits per heavy atom. The molecular weight excluding hydrogens is 364 g/mol. The molecular formula is C18H20N6O2S. The summed E-state index contributed by atoms with van der Waals surface area (Å²) in [5.74, 6) is 0.597. The summed E-state index contributed by atoms with van der Waals surface area (Å²) in [7, 11) is 0. The van der Waals surface area contributed by atoms with Gasteiger partial charge in [0.2, 0.25) is 0 Å². The zero-order chi connectivity index (χ0) is 18.5. The van der Waals surface area contributed by atoms with Gasteiger partial charge in [-0.2, -0.15) is 5.10 Å². The Hall–Kier alpha value is -2.78. The number of amides is 1. The van der Waals surface area contributed by atoms with Crippen LogP contribution in [0.2, 0.25) is 0 Å². The minimum atomic E-state index is -0.0970. The highest BCUT2D eigenvalue weighted by Gasteiger charge is 2.12. The maximum Gasteiger partial charge on any atom is 0.251 e. The molecule has 0 saturated carbocycles. The molecule has 0 bridgehead atoms. The van der Waals surface area contributed by atoms with Crippen molar-refractivity contribution in [1.29, 1.82) is 0 Å². The standard InChI is InChI=1S/C18H20N6O2S/c25-18(13-1-2-15-16(9-13)27-12-21-15)20-4-3-19-17-10-14(11-22-23-17)24-5-7-26-8-6-24/h1-2,9-12H,3-8H2,(H,19,23)(H,20,25). The Morgan fingerprint density at radius 1 is 1.22 bits per heavy atom. The number of nitrogens with zero attached hydrogens (tertiary/aromatic N) is 4. The summed E-state index contributed by atoms with van der Waals surface area (Å²) in [5, 5.41) is 14.3. The SMILES string of the molecule is O=C(NCCNc1cc(N2CCOCC2)cnn1)c1ccc2ncsc2c1. The number of anilines is 2. The molecule has 2 N–H and O–H groups in total. The second-order valence-corrected chi connectivity index (χ2v) is 7.00. The Labute approximate surface area is 160 Å².